The van der Waals surface area contributed by atoms with E-state index in [4.69, 9.17) is 9.47 Å². The molecule has 0 spiro atoms. The fraction of sp³-hybridized carbons (Fsp3) is 1.00. The zero-order valence-electron chi connectivity index (χ0n) is 12.3. The summed E-state index contributed by atoms with van der Waals surface area (Å²) < 4.78 is 11.4. The first-order valence-electron chi connectivity index (χ1n) is 7.52. The second-order valence-electron chi connectivity index (χ2n) is 5.66. The third-order valence-corrected chi connectivity index (χ3v) is 4.23. The Balaban J connectivity index is 2.26. The predicted octanol–water partition coefficient (Wildman–Crippen LogP) is 3.01. The summed E-state index contributed by atoms with van der Waals surface area (Å²) in [6.45, 7) is 8.85. The molecular weight excluding hydrogens is 228 g/mol. The number of hydrogen-bond donors (Lipinski definition) is 1. The van der Waals surface area contributed by atoms with Crippen LogP contribution in [0.15, 0.2) is 0 Å². The standard InChI is InChI=1S/C15H30O3/c1-4-7-8-13(5-2)9-17-11-15(10-16)12-18-14(15)6-3/h13-14,16H,4-12H2,1-3H3. The number of aliphatic hydroxyl groups is 1. The first-order valence-corrected chi connectivity index (χ1v) is 7.52. The van der Waals surface area contributed by atoms with E-state index < -0.39 is 0 Å². The molecule has 3 heteroatoms. The van der Waals surface area contributed by atoms with Gasteiger partial charge in [-0.15, -0.1) is 0 Å². The molecule has 0 aromatic heterocycles. The van der Waals surface area contributed by atoms with Gasteiger partial charge in [0.25, 0.3) is 0 Å². The van der Waals surface area contributed by atoms with Gasteiger partial charge >= 0.3 is 0 Å². The number of aliphatic hydroxyl groups excluding tert-OH is 1. The maximum Gasteiger partial charge on any atom is 0.0695 e. The molecule has 18 heavy (non-hydrogen) atoms. The average Bonchev–Trinajstić information content (AvgIpc) is 2.37. The summed E-state index contributed by atoms with van der Waals surface area (Å²) in [5, 5.41) is 9.54. The summed E-state index contributed by atoms with van der Waals surface area (Å²) in [4.78, 5) is 0. The van der Waals surface area contributed by atoms with Crippen LogP contribution in [0.2, 0.25) is 0 Å². The highest BCUT2D eigenvalue weighted by atomic mass is 16.5. The molecule has 0 radical (unpaired) electrons. The number of ether oxygens (including phenoxy) is 2. The summed E-state index contributed by atoms with van der Waals surface area (Å²) >= 11 is 0. The molecule has 3 atom stereocenters. The maximum atomic E-state index is 9.54. The largest absolute Gasteiger partial charge is 0.396 e. The van der Waals surface area contributed by atoms with Crippen LogP contribution in [0.3, 0.4) is 0 Å². The molecule has 1 rings (SSSR count). The monoisotopic (exact) mass is 258 g/mol. The van der Waals surface area contributed by atoms with E-state index in [1.54, 1.807) is 0 Å². The Hall–Kier alpha value is -0.120. The van der Waals surface area contributed by atoms with E-state index in [0.29, 0.717) is 19.1 Å². The van der Waals surface area contributed by atoms with Crippen LogP contribution in [0.1, 0.15) is 52.9 Å². The van der Waals surface area contributed by atoms with E-state index in [0.717, 1.165) is 13.0 Å². The molecule has 3 unspecified atom stereocenters. The molecule has 0 aliphatic carbocycles. The Bertz CT molecular complexity index is 214. The molecule has 0 aromatic carbocycles. The highest BCUT2D eigenvalue weighted by Gasteiger charge is 2.47. The van der Waals surface area contributed by atoms with E-state index in [1.165, 1.54) is 25.7 Å². The Morgan fingerprint density at radius 2 is 2.17 bits per heavy atom. The van der Waals surface area contributed by atoms with E-state index in [1.807, 2.05) is 0 Å². The average molecular weight is 258 g/mol. The molecule has 0 aromatic rings. The summed E-state index contributed by atoms with van der Waals surface area (Å²) in [7, 11) is 0. The molecule has 0 bridgehead atoms. The van der Waals surface area contributed by atoms with Crippen LogP contribution in [-0.4, -0.2) is 37.6 Å². The first-order chi connectivity index (χ1) is 8.72. The number of hydrogen-bond acceptors (Lipinski definition) is 3. The summed E-state index contributed by atoms with van der Waals surface area (Å²) in [6.07, 6.45) is 6.11. The van der Waals surface area contributed by atoms with E-state index in [-0.39, 0.29) is 18.1 Å². The van der Waals surface area contributed by atoms with Crippen LogP contribution >= 0.6 is 0 Å². The zero-order valence-corrected chi connectivity index (χ0v) is 12.3. The van der Waals surface area contributed by atoms with Crippen LogP contribution in [0.25, 0.3) is 0 Å². The van der Waals surface area contributed by atoms with Crippen molar-refractivity contribution in [2.75, 3.05) is 26.4 Å². The van der Waals surface area contributed by atoms with Crippen molar-refractivity contribution in [3.05, 3.63) is 0 Å². The van der Waals surface area contributed by atoms with Crippen molar-refractivity contribution < 1.29 is 14.6 Å². The molecule has 1 aliphatic rings. The minimum atomic E-state index is -0.127. The lowest BCUT2D eigenvalue weighted by Gasteiger charge is -2.47. The topological polar surface area (TPSA) is 38.7 Å². The number of rotatable bonds is 10. The van der Waals surface area contributed by atoms with E-state index >= 15 is 0 Å². The Labute approximate surface area is 112 Å². The van der Waals surface area contributed by atoms with Gasteiger partial charge in [-0.25, -0.2) is 0 Å². The zero-order chi connectivity index (χ0) is 13.4. The third-order valence-electron chi connectivity index (χ3n) is 4.23. The van der Waals surface area contributed by atoms with Gasteiger partial charge in [-0.05, 0) is 18.8 Å². The lowest BCUT2D eigenvalue weighted by molar-refractivity contribution is -0.228. The second kappa shape index (κ2) is 8.13. The minimum Gasteiger partial charge on any atom is -0.396 e. The van der Waals surface area contributed by atoms with Crippen molar-refractivity contribution in [1.82, 2.24) is 0 Å². The van der Waals surface area contributed by atoms with Crippen molar-refractivity contribution in [3.63, 3.8) is 0 Å². The van der Waals surface area contributed by atoms with E-state index in [2.05, 4.69) is 20.8 Å². The Morgan fingerprint density at radius 1 is 1.39 bits per heavy atom. The summed E-state index contributed by atoms with van der Waals surface area (Å²) in [5.74, 6) is 0.668. The van der Waals surface area contributed by atoms with Crippen molar-refractivity contribution in [2.24, 2.45) is 11.3 Å². The highest BCUT2D eigenvalue weighted by molar-refractivity contribution is 4.93. The summed E-state index contributed by atoms with van der Waals surface area (Å²) in [5.41, 5.74) is -0.127. The summed E-state index contributed by atoms with van der Waals surface area (Å²) in [6, 6.07) is 0. The Morgan fingerprint density at radius 3 is 2.61 bits per heavy atom. The number of unbranched alkanes of at least 4 members (excludes halogenated alkanes) is 1. The fourth-order valence-corrected chi connectivity index (χ4v) is 2.64. The second-order valence-corrected chi connectivity index (χ2v) is 5.66. The molecule has 1 fully saturated rings. The molecule has 1 saturated heterocycles. The molecular formula is C15H30O3. The molecule has 1 aliphatic heterocycles. The quantitative estimate of drug-likeness (QED) is 0.654. The highest BCUT2D eigenvalue weighted by Crippen LogP contribution is 2.37. The van der Waals surface area contributed by atoms with Crippen molar-refractivity contribution >= 4 is 0 Å². The maximum absolute atomic E-state index is 9.54. The van der Waals surface area contributed by atoms with Gasteiger partial charge in [0.2, 0.25) is 0 Å². The van der Waals surface area contributed by atoms with Gasteiger partial charge in [0.05, 0.1) is 31.3 Å². The lowest BCUT2D eigenvalue weighted by atomic mass is 9.78. The van der Waals surface area contributed by atoms with Crippen molar-refractivity contribution in [2.45, 2.75) is 59.0 Å². The molecule has 1 heterocycles. The van der Waals surface area contributed by atoms with Crippen molar-refractivity contribution in [3.8, 4) is 0 Å². The molecule has 3 nitrogen and oxygen atoms in total. The van der Waals surface area contributed by atoms with Crippen LogP contribution in [-0.2, 0) is 9.47 Å². The molecule has 0 saturated carbocycles. The normalized spacial score (nSPS) is 29.0. The van der Waals surface area contributed by atoms with E-state index in [9.17, 15) is 5.11 Å². The first kappa shape index (κ1) is 15.9. The van der Waals surface area contributed by atoms with Gasteiger partial charge in [-0.1, -0.05) is 40.0 Å². The lowest BCUT2D eigenvalue weighted by Crippen LogP contribution is -2.57. The van der Waals surface area contributed by atoms with Crippen LogP contribution in [0.4, 0.5) is 0 Å². The van der Waals surface area contributed by atoms with Crippen molar-refractivity contribution in [1.29, 1.82) is 0 Å². The van der Waals surface area contributed by atoms with Gasteiger partial charge in [-0.3, -0.25) is 0 Å². The van der Waals surface area contributed by atoms with Gasteiger partial charge in [-0.2, -0.15) is 0 Å². The van der Waals surface area contributed by atoms with Crippen LogP contribution in [0.5, 0.6) is 0 Å². The predicted molar refractivity (Wildman–Crippen MR) is 73.7 cm³/mol. The molecule has 108 valence electrons. The molecule has 1 N–H and O–H groups in total. The van der Waals surface area contributed by atoms with Gasteiger partial charge in [0, 0.05) is 6.61 Å². The van der Waals surface area contributed by atoms with Crippen LogP contribution < -0.4 is 0 Å². The Kier molecular flexibility index (Phi) is 7.20. The fourth-order valence-electron chi connectivity index (χ4n) is 2.64. The van der Waals surface area contributed by atoms with Gasteiger partial charge < -0.3 is 14.6 Å². The SMILES string of the molecule is CCCCC(CC)COCC1(CO)COC1CC. The van der Waals surface area contributed by atoms with Gasteiger partial charge in [0.1, 0.15) is 0 Å². The smallest absolute Gasteiger partial charge is 0.0695 e. The minimum absolute atomic E-state index is 0.127. The molecule has 0 amide bonds. The van der Waals surface area contributed by atoms with Gasteiger partial charge in [0.15, 0.2) is 0 Å². The third kappa shape index (κ3) is 3.94. The van der Waals surface area contributed by atoms with Crippen LogP contribution in [0, 0.1) is 11.3 Å².